The quantitative estimate of drug-likeness (QED) is 0.818. The number of aryl methyl sites for hydroxylation is 2. The number of piperidine rings is 1. The minimum Gasteiger partial charge on any atom is -0.324 e. The van der Waals surface area contributed by atoms with Crippen molar-refractivity contribution in [3.63, 3.8) is 0 Å². The van der Waals surface area contributed by atoms with Crippen LogP contribution in [0.2, 0.25) is 0 Å². The molecule has 1 aliphatic carbocycles. The van der Waals surface area contributed by atoms with Crippen LogP contribution in [-0.4, -0.2) is 24.0 Å². The Morgan fingerprint density at radius 1 is 1.14 bits per heavy atom. The SMILES string of the molecule is Cc1ccc(C)c(NC(=O)N2CCC3CCCCC3C2)c1. The van der Waals surface area contributed by atoms with Gasteiger partial charge in [-0.15, -0.1) is 0 Å². The lowest BCUT2D eigenvalue weighted by Gasteiger charge is -2.41. The third kappa shape index (κ3) is 3.22. The van der Waals surface area contributed by atoms with E-state index in [4.69, 9.17) is 0 Å². The summed E-state index contributed by atoms with van der Waals surface area (Å²) in [5, 5.41) is 3.10. The fraction of sp³-hybridized carbons (Fsp3) is 0.611. The molecule has 1 aromatic carbocycles. The number of carbonyl (C=O) groups excluding carboxylic acids is 1. The van der Waals surface area contributed by atoms with Crippen LogP contribution in [0.15, 0.2) is 18.2 Å². The number of nitrogens with one attached hydrogen (secondary N) is 1. The smallest absolute Gasteiger partial charge is 0.321 e. The molecule has 3 rings (SSSR count). The van der Waals surface area contributed by atoms with Gasteiger partial charge in [0.15, 0.2) is 0 Å². The lowest BCUT2D eigenvalue weighted by molar-refractivity contribution is 0.108. The Hall–Kier alpha value is -1.51. The monoisotopic (exact) mass is 286 g/mol. The van der Waals surface area contributed by atoms with Gasteiger partial charge in [0.25, 0.3) is 0 Å². The highest BCUT2D eigenvalue weighted by Crippen LogP contribution is 2.36. The third-order valence-electron chi connectivity index (χ3n) is 5.21. The Kier molecular flexibility index (Phi) is 4.18. The van der Waals surface area contributed by atoms with Gasteiger partial charge >= 0.3 is 6.03 Å². The molecule has 1 aromatic rings. The minimum absolute atomic E-state index is 0.0766. The van der Waals surface area contributed by atoms with Crippen molar-refractivity contribution in [2.45, 2.75) is 46.0 Å². The highest BCUT2D eigenvalue weighted by molar-refractivity contribution is 5.90. The predicted octanol–water partition coefficient (Wildman–Crippen LogP) is 4.35. The first kappa shape index (κ1) is 14.4. The number of anilines is 1. The Bertz CT molecular complexity index is 526. The maximum atomic E-state index is 12.5. The number of carbonyl (C=O) groups is 1. The molecule has 2 unspecified atom stereocenters. The maximum absolute atomic E-state index is 12.5. The van der Waals surface area contributed by atoms with E-state index in [9.17, 15) is 4.79 Å². The number of nitrogens with zero attached hydrogens (tertiary/aromatic N) is 1. The van der Waals surface area contributed by atoms with Gasteiger partial charge in [0.05, 0.1) is 0 Å². The highest BCUT2D eigenvalue weighted by Gasteiger charge is 2.32. The molecule has 1 N–H and O–H groups in total. The second-order valence-corrected chi connectivity index (χ2v) is 6.79. The molecule has 0 bridgehead atoms. The molecule has 21 heavy (non-hydrogen) atoms. The van der Waals surface area contributed by atoms with Crippen LogP contribution in [0.3, 0.4) is 0 Å². The zero-order valence-corrected chi connectivity index (χ0v) is 13.2. The Morgan fingerprint density at radius 3 is 2.71 bits per heavy atom. The maximum Gasteiger partial charge on any atom is 0.321 e. The topological polar surface area (TPSA) is 32.3 Å². The van der Waals surface area contributed by atoms with E-state index in [0.29, 0.717) is 0 Å². The van der Waals surface area contributed by atoms with Crippen molar-refractivity contribution in [3.05, 3.63) is 29.3 Å². The summed E-state index contributed by atoms with van der Waals surface area (Å²) in [5.41, 5.74) is 3.26. The van der Waals surface area contributed by atoms with Crippen molar-refractivity contribution in [2.24, 2.45) is 11.8 Å². The lowest BCUT2D eigenvalue weighted by Crippen LogP contribution is -2.46. The van der Waals surface area contributed by atoms with Crippen molar-refractivity contribution in [2.75, 3.05) is 18.4 Å². The van der Waals surface area contributed by atoms with Crippen LogP contribution in [0.1, 0.15) is 43.2 Å². The van der Waals surface area contributed by atoms with Gasteiger partial charge in [-0.3, -0.25) is 0 Å². The summed E-state index contributed by atoms with van der Waals surface area (Å²) >= 11 is 0. The molecular formula is C18H26N2O. The molecule has 2 aliphatic rings. The number of amides is 2. The standard InChI is InChI=1S/C18H26N2O/c1-13-7-8-14(2)17(11-13)19-18(21)20-10-9-15-5-3-4-6-16(15)12-20/h7-8,11,15-16H,3-6,9-10,12H2,1-2H3,(H,19,21). The fourth-order valence-corrected chi connectivity index (χ4v) is 3.85. The molecule has 3 nitrogen and oxygen atoms in total. The molecule has 0 spiro atoms. The van der Waals surface area contributed by atoms with Crippen molar-refractivity contribution in [1.29, 1.82) is 0 Å². The van der Waals surface area contributed by atoms with Crippen LogP contribution in [0.5, 0.6) is 0 Å². The molecule has 2 atom stereocenters. The van der Waals surface area contributed by atoms with Crippen LogP contribution in [-0.2, 0) is 0 Å². The van der Waals surface area contributed by atoms with Gasteiger partial charge in [0, 0.05) is 18.8 Å². The molecule has 0 aromatic heterocycles. The van der Waals surface area contributed by atoms with Crippen LogP contribution in [0, 0.1) is 25.7 Å². The fourth-order valence-electron chi connectivity index (χ4n) is 3.85. The second-order valence-electron chi connectivity index (χ2n) is 6.79. The molecule has 3 heteroatoms. The van der Waals surface area contributed by atoms with Crippen molar-refractivity contribution >= 4 is 11.7 Å². The summed E-state index contributed by atoms with van der Waals surface area (Å²) < 4.78 is 0. The van der Waals surface area contributed by atoms with Crippen LogP contribution >= 0.6 is 0 Å². The molecule has 0 radical (unpaired) electrons. The number of fused-ring (bicyclic) bond motifs is 1. The number of hydrogen-bond donors (Lipinski definition) is 1. The molecule has 1 saturated heterocycles. The summed E-state index contributed by atoms with van der Waals surface area (Å²) in [6.45, 7) is 5.96. The number of hydrogen-bond acceptors (Lipinski definition) is 1. The average molecular weight is 286 g/mol. The van der Waals surface area contributed by atoms with Crippen LogP contribution < -0.4 is 5.32 Å². The molecule has 1 heterocycles. The number of rotatable bonds is 1. The van der Waals surface area contributed by atoms with Gasteiger partial charge in [-0.05, 0) is 55.7 Å². The molecule has 2 fully saturated rings. The van der Waals surface area contributed by atoms with E-state index in [-0.39, 0.29) is 6.03 Å². The van der Waals surface area contributed by atoms with Gasteiger partial charge in [0.1, 0.15) is 0 Å². The van der Waals surface area contributed by atoms with E-state index < -0.39 is 0 Å². The second kappa shape index (κ2) is 6.08. The summed E-state index contributed by atoms with van der Waals surface area (Å²) in [7, 11) is 0. The van der Waals surface area contributed by atoms with Gasteiger partial charge in [0.2, 0.25) is 0 Å². The summed E-state index contributed by atoms with van der Waals surface area (Å²) in [5.74, 6) is 1.60. The minimum atomic E-state index is 0.0766. The summed E-state index contributed by atoms with van der Waals surface area (Å²) in [4.78, 5) is 14.5. The van der Waals surface area contributed by atoms with E-state index in [2.05, 4.69) is 30.4 Å². The number of urea groups is 1. The van der Waals surface area contributed by atoms with E-state index in [1.807, 2.05) is 11.8 Å². The summed E-state index contributed by atoms with van der Waals surface area (Å²) in [6.07, 6.45) is 6.59. The van der Waals surface area contributed by atoms with Gasteiger partial charge in [-0.2, -0.15) is 0 Å². The molecule has 2 amide bonds. The van der Waals surface area contributed by atoms with E-state index in [1.54, 1.807) is 0 Å². The lowest BCUT2D eigenvalue weighted by atomic mass is 9.75. The molecule has 1 aliphatic heterocycles. The Labute approximate surface area is 127 Å². The van der Waals surface area contributed by atoms with Gasteiger partial charge in [-0.25, -0.2) is 4.79 Å². The normalized spacial score (nSPS) is 25.3. The van der Waals surface area contributed by atoms with E-state index in [0.717, 1.165) is 36.2 Å². The van der Waals surface area contributed by atoms with Crippen LogP contribution in [0.4, 0.5) is 10.5 Å². The van der Waals surface area contributed by atoms with Gasteiger partial charge < -0.3 is 10.2 Å². The van der Waals surface area contributed by atoms with Crippen molar-refractivity contribution in [3.8, 4) is 0 Å². The zero-order valence-electron chi connectivity index (χ0n) is 13.2. The average Bonchev–Trinajstić information content (AvgIpc) is 2.50. The van der Waals surface area contributed by atoms with Crippen molar-refractivity contribution < 1.29 is 4.79 Å². The predicted molar refractivity (Wildman–Crippen MR) is 86.6 cm³/mol. The highest BCUT2D eigenvalue weighted by atomic mass is 16.2. The first-order chi connectivity index (χ1) is 10.1. The first-order valence-electron chi connectivity index (χ1n) is 8.26. The van der Waals surface area contributed by atoms with Crippen LogP contribution in [0.25, 0.3) is 0 Å². The Morgan fingerprint density at radius 2 is 1.90 bits per heavy atom. The number of likely N-dealkylation sites (tertiary alicyclic amines) is 1. The molecular weight excluding hydrogens is 260 g/mol. The van der Waals surface area contributed by atoms with E-state index in [1.165, 1.54) is 37.7 Å². The Balaban J connectivity index is 1.64. The van der Waals surface area contributed by atoms with Crippen molar-refractivity contribution in [1.82, 2.24) is 4.90 Å². The molecule has 114 valence electrons. The molecule has 1 saturated carbocycles. The first-order valence-corrected chi connectivity index (χ1v) is 8.26. The zero-order chi connectivity index (χ0) is 14.8. The third-order valence-corrected chi connectivity index (χ3v) is 5.21. The summed E-state index contributed by atoms with van der Waals surface area (Å²) in [6, 6.07) is 6.28. The van der Waals surface area contributed by atoms with Gasteiger partial charge in [-0.1, -0.05) is 31.4 Å². The largest absolute Gasteiger partial charge is 0.324 e. The number of benzene rings is 1. The van der Waals surface area contributed by atoms with E-state index >= 15 is 0 Å².